The molecule has 2 N–H and O–H groups in total. The van der Waals surface area contributed by atoms with Gasteiger partial charge < -0.3 is 15.3 Å². The number of likely N-dealkylation sites (tertiary alicyclic amines) is 1. The molecule has 3 atom stereocenters. The Bertz CT molecular complexity index is 299. The van der Waals surface area contributed by atoms with E-state index in [-0.39, 0.29) is 12.1 Å². The van der Waals surface area contributed by atoms with Crippen LogP contribution in [-0.4, -0.2) is 72.4 Å². The van der Waals surface area contributed by atoms with Crippen molar-refractivity contribution in [1.82, 2.24) is 15.1 Å². The van der Waals surface area contributed by atoms with Crippen LogP contribution in [0.15, 0.2) is 0 Å². The zero-order valence-corrected chi connectivity index (χ0v) is 13.6. The average molecular weight is 283 g/mol. The third-order valence-electron chi connectivity index (χ3n) is 5.36. The second kappa shape index (κ2) is 7.21. The Hall–Kier alpha value is -0.160. The standard InChI is InChI=1S/C16H33N3O/c1-4-9-17-16(2,13-20)8-11-19-10-7-14-5-6-15(12-19)18(14)3/h14-15,17,20H,4-13H2,1-3H3. The number of fused-ring (bicyclic) bond motifs is 2. The number of hydrogen-bond acceptors (Lipinski definition) is 4. The van der Waals surface area contributed by atoms with Crippen LogP contribution >= 0.6 is 0 Å². The van der Waals surface area contributed by atoms with Crippen molar-refractivity contribution in [2.75, 3.05) is 39.8 Å². The van der Waals surface area contributed by atoms with E-state index in [9.17, 15) is 5.11 Å². The summed E-state index contributed by atoms with van der Waals surface area (Å²) in [6.07, 6.45) is 6.22. The summed E-state index contributed by atoms with van der Waals surface area (Å²) in [7, 11) is 2.30. The maximum Gasteiger partial charge on any atom is 0.0611 e. The maximum absolute atomic E-state index is 9.65. The monoisotopic (exact) mass is 283 g/mol. The molecule has 0 radical (unpaired) electrons. The summed E-state index contributed by atoms with van der Waals surface area (Å²) in [5.41, 5.74) is -0.118. The van der Waals surface area contributed by atoms with Gasteiger partial charge in [-0.3, -0.25) is 4.90 Å². The first-order chi connectivity index (χ1) is 9.58. The summed E-state index contributed by atoms with van der Waals surface area (Å²) >= 11 is 0. The summed E-state index contributed by atoms with van der Waals surface area (Å²) in [4.78, 5) is 5.21. The fourth-order valence-corrected chi connectivity index (χ4v) is 3.64. The molecule has 0 spiro atoms. The molecule has 0 aromatic heterocycles. The van der Waals surface area contributed by atoms with Gasteiger partial charge in [0.2, 0.25) is 0 Å². The number of aliphatic hydroxyl groups is 1. The predicted octanol–water partition coefficient (Wildman–Crippen LogP) is 1.30. The highest BCUT2D eigenvalue weighted by molar-refractivity contribution is 4.92. The summed E-state index contributed by atoms with van der Waals surface area (Å²) in [6.45, 7) is 9.08. The van der Waals surface area contributed by atoms with Crippen molar-refractivity contribution in [3.63, 3.8) is 0 Å². The number of aliphatic hydroxyl groups excluding tert-OH is 1. The van der Waals surface area contributed by atoms with Gasteiger partial charge in [0, 0.05) is 30.7 Å². The van der Waals surface area contributed by atoms with Crippen molar-refractivity contribution in [2.45, 2.75) is 63.6 Å². The van der Waals surface area contributed by atoms with Gasteiger partial charge in [0.25, 0.3) is 0 Å². The zero-order chi connectivity index (χ0) is 14.6. The van der Waals surface area contributed by atoms with Crippen LogP contribution in [0.5, 0.6) is 0 Å². The van der Waals surface area contributed by atoms with Crippen molar-refractivity contribution in [3.05, 3.63) is 0 Å². The molecular formula is C16H33N3O. The molecule has 2 rings (SSSR count). The van der Waals surface area contributed by atoms with Crippen molar-refractivity contribution in [2.24, 2.45) is 0 Å². The minimum atomic E-state index is -0.118. The minimum Gasteiger partial charge on any atom is -0.394 e. The van der Waals surface area contributed by atoms with Gasteiger partial charge in [-0.1, -0.05) is 6.92 Å². The molecule has 0 aromatic rings. The highest BCUT2D eigenvalue weighted by Crippen LogP contribution is 2.28. The lowest BCUT2D eigenvalue weighted by Gasteiger charge is -2.33. The predicted molar refractivity (Wildman–Crippen MR) is 84.0 cm³/mol. The molecule has 3 unspecified atom stereocenters. The van der Waals surface area contributed by atoms with E-state index in [1.165, 1.54) is 32.4 Å². The van der Waals surface area contributed by atoms with Crippen LogP contribution in [0.1, 0.15) is 46.0 Å². The molecule has 2 saturated heterocycles. The van der Waals surface area contributed by atoms with Crippen molar-refractivity contribution >= 4 is 0 Å². The lowest BCUT2D eigenvalue weighted by atomic mass is 9.98. The summed E-state index contributed by atoms with van der Waals surface area (Å²) in [5.74, 6) is 0. The molecule has 2 aliphatic heterocycles. The molecule has 2 aliphatic rings. The SMILES string of the molecule is CCCNC(C)(CO)CCN1CCC2CCC(C1)N2C. The number of rotatable bonds is 7. The average Bonchev–Trinajstić information content (AvgIpc) is 2.69. The third kappa shape index (κ3) is 3.94. The molecule has 2 heterocycles. The van der Waals surface area contributed by atoms with E-state index in [0.717, 1.165) is 38.0 Å². The van der Waals surface area contributed by atoms with Gasteiger partial charge in [-0.2, -0.15) is 0 Å². The highest BCUT2D eigenvalue weighted by atomic mass is 16.3. The molecule has 2 fully saturated rings. The minimum absolute atomic E-state index is 0.118. The molecule has 4 nitrogen and oxygen atoms in total. The van der Waals surface area contributed by atoms with Crippen LogP contribution in [0.25, 0.3) is 0 Å². The third-order valence-corrected chi connectivity index (χ3v) is 5.36. The Kier molecular flexibility index (Phi) is 5.84. The topological polar surface area (TPSA) is 38.7 Å². The molecular weight excluding hydrogens is 250 g/mol. The number of nitrogens with zero attached hydrogens (tertiary/aromatic N) is 2. The van der Waals surface area contributed by atoms with Gasteiger partial charge >= 0.3 is 0 Å². The number of likely N-dealkylation sites (N-methyl/N-ethyl adjacent to an activating group) is 1. The molecule has 2 bridgehead atoms. The van der Waals surface area contributed by atoms with E-state index in [2.05, 4.69) is 36.0 Å². The molecule has 20 heavy (non-hydrogen) atoms. The van der Waals surface area contributed by atoms with Crippen LogP contribution in [0.2, 0.25) is 0 Å². The van der Waals surface area contributed by atoms with Crippen LogP contribution in [-0.2, 0) is 0 Å². The van der Waals surface area contributed by atoms with Gasteiger partial charge in [-0.15, -0.1) is 0 Å². The summed E-state index contributed by atoms with van der Waals surface area (Å²) in [5, 5.41) is 13.2. The quantitative estimate of drug-likeness (QED) is 0.739. The van der Waals surface area contributed by atoms with E-state index >= 15 is 0 Å². The lowest BCUT2D eigenvalue weighted by Crippen LogP contribution is -2.49. The molecule has 0 aliphatic carbocycles. The maximum atomic E-state index is 9.65. The Labute approximate surface area is 124 Å². The van der Waals surface area contributed by atoms with Crippen LogP contribution in [0, 0.1) is 0 Å². The van der Waals surface area contributed by atoms with Crippen molar-refractivity contribution in [1.29, 1.82) is 0 Å². The van der Waals surface area contributed by atoms with E-state index in [0.29, 0.717) is 0 Å². The lowest BCUT2D eigenvalue weighted by molar-refractivity contribution is 0.141. The van der Waals surface area contributed by atoms with Crippen LogP contribution in [0.3, 0.4) is 0 Å². The zero-order valence-electron chi connectivity index (χ0n) is 13.6. The van der Waals surface area contributed by atoms with E-state index in [1.54, 1.807) is 0 Å². The van der Waals surface area contributed by atoms with Crippen LogP contribution < -0.4 is 5.32 Å². The van der Waals surface area contributed by atoms with Crippen molar-refractivity contribution in [3.8, 4) is 0 Å². The first-order valence-electron chi connectivity index (χ1n) is 8.38. The second-order valence-electron chi connectivity index (χ2n) is 7.04. The summed E-state index contributed by atoms with van der Waals surface area (Å²) in [6, 6.07) is 1.57. The summed E-state index contributed by atoms with van der Waals surface area (Å²) < 4.78 is 0. The Morgan fingerprint density at radius 1 is 1.25 bits per heavy atom. The van der Waals surface area contributed by atoms with Gasteiger partial charge in [0.15, 0.2) is 0 Å². The molecule has 0 aromatic carbocycles. The fourth-order valence-electron chi connectivity index (χ4n) is 3.64. The first-order valence-corrected chi connectivity index (χ1v) is 8.38. The first kappa shape index (κ1) is 16.2. The van der Waals surface area contributed by atoms with E-state index < -0.39 is 0 Å². The van der Waals surface area contributed by atoms with E-state index in [4.69, 9.17) is 0 Å². The largest absolute Gasteiger partial charge is 0.394 e. The molecule has 0 saturated carbocycles. The van der Waals surface area contributed by atoms with Crippen molar-refractivity contribution < 1.29 is 5.11 Å². The van der Waals surface area contributed by atoms with E-state index in [1.807, 2.05) is 0 Å². The smallest absolute Gasteiger partial charge is 0.0611 e. The van der Waals surface area contributed by atoms with Gasteiger partial charge in [-0.05, 0) is 59.2 Å². The molecule has 0 amide bonds. The van der Waals surface area contributed by atoms with Crippen LogP contribution in [0.4, 0.5) is 0 Å². The second-order valence-corrected chi connectivity index (χ2v) is 7.04. The Morgan fingerprint density at radius 3 is 2.70 bits per heavy atom. The fraction of sp³-hybridized carbons (Fsp3) is 1.00. The highest BCUT2D eigenvalue weighted by Gasteiger charge is 2.35. The van der Waals surface area contributed by atoms with Gasteiger partial charge in [0.1, 0.15) is 0 Å². The van der Waals surface area contributed by atoms with Gasteiger partial charge in [-0.25, -0.2) is 0 Å². The number of hydrogen-bond donors (Lipinski definition) is 2. The normalized spacial score (nSPS) is 31.2. The molecule has 4 heteroatoms. The molecule has 118 valence electrons. The van der Waals surface area contributed by atoms with Gasteiger partial charge in [0.05, 0.1) is 6.61 Å². The number of nitrogens with one attached hydrogen (secondary N) is 1. The Balaban J connectivity index is 1.81. The Morgan fingerprint density at radius 2 is 2.00 bits per heavy atom.